The number of aliphatic hydroxyl groups excluding tert-OH is 1. The van der Waals surface area contributed by atoms with Crippen molar-refractivity contribution in [3.63, 3.8) is 0 Å². The van der Waals surface area contributed by atoms with E-state index in [0.29, 0.717) is 18.7 Å². The maximum atomic E-state index is 12.6. The molecule has 1 aliphatic heterocycles. The number of hydrogen-bond acceptors (Lipinski definition) is 7. The molecule has 7 N–H and O–H groups in total. The Morgan fingerprint density at radius 1 is 1.21 bits per heavy atom. The highest BCUT2D eigenvalue weighted by Crippen LogP contribution is 2.07. The van der Waals surface area contributed by atoms with Crippen molar-refractivity contribution in [1.82, 2.24) is 31.2 Å². The second-order valence-corrected chi connectivity index (χ2v) is 6.35. The summed E-state index contributed by atoms with van der Waals surface area (Å²) in [6.07, 6.45) is 4.54. The summed E-state index contributed by atoms with van der Waals surface area (Å²) < 4.78 is 0. The number of aliphatic carboxylic acids is 1. The third-order valence-corrected chi connectivity index (χ3v) is 4.22. The van der Waals surface area contributed by atoms with Crippen molar-refractivity contribution in [2.45, 2.75) is 37.4 Å². The monoisotopic (exact) mass is 396 g/mol. The summed E-state index contributed by atoms with van der Waals surface area (Å²) in [7, 11) is 0. The summed E-state index contributed by atoms with van der Waals surface area (Å²) in [5, 5.41) is 28.1. The van der Waals surface area contributed by atoms with Gasteiger partial charge >= 0.3 is 5.97 Å². The molecular weight excluding hydrogens is 372 g/mol. The van der Waals surface area contributed by atoms with Crippen molar-refractivity contribution in [2.75, 3.05) is 19.7 Å². The molecule has 0 radical (unpaired) electrons. The average Bonchev–Trinajstić information content (AvgIpc) is 3.37. The fourth-order valence-corrected chi connectivity index (χ4v) is 2.76. The van der Waals surface area contributed by atoms with Crippen molar-refractivity contribution in [3.05, 3.63) is 18.2 Å². The van der Waals surface area contributed by atoms with E-state index in [1.807, 2.05) is 0 Å². The van der Waals surface area contributed by atoms with E-state index in [1.165, 1.54) is 12.5 Å². The molecule has 2 heterocycles. The van der Waals surface area contributed by atoms with Crippen LogP contribution in [0, 0.1) is 0 Å². The number of nitrogens with one attached hydrogen (secondary N) is 5. The Balaban J connectivity index is 2.02. The maximum absolute atomic E-state index is 12.6. The van der Waals surface area contributed by atoms with E-state index in [-0.39, 0.29) is 12.3 Å². The van der Waals surface area contributed by atoms with Gasteiger partial charge in [-0.25, -0.2) is 4.98 Å². The van der Waals surface area contributed by atoms with E-state index >= 15 is 0 Å². The van der Waals surface area contributed by atoms with Gasteiger partial charge in [0.2, 0.25) is 17.7 Å². The molecule has 0 aromatic carbocycles. The van der Waals surface area contributed by atoms with Crippen LogP contribution in [0.15, 0.2) is 12.5 Å². The Morgan fingerprint density at radius 3 is 2.57 bits per heavy atom. The highest BCUT2D eigenvalue weighted by Gasteiger charge is 2.30. The maximum Gasteiger partial charge on any atom is 0.322 e. The van der Waals surface area contributed by atoms with Crippen molar-refractivity contribution in [1.29, 1.82) is 0 Å². The molecule has 1 fully saturated rings. The summed E-state index contributed by atoms with van der Waals surface area (Å²) in [6.45, 7) is -0.662. The summed E-state index contributed by atoms with van der Waals surface area (Å²) in [5.74, 6) is -3.13. The van der Waals surface area contributed by atoms with Crippen molar-refractivity contribution < 1.29 is 29.4 Å². The van der Waals surface area contributed by atoms with Gasteiger partial charge in [-0.3, -0.25) is 19.2 Å². The molecule has 0 aliphatic carbocycles. The van der Waals surface area contributed by atoms with E-state index in [2.05, 4.69) is 31.2 Å². The average molecular weight is 396 g/mol. The normalized spacial score (nSPS) is 18.1. The highest BCUT2D eigenvalue weighted by molar-refractivity contribution is 5.93. The first-order valence-corrected chi connectivity index (χ1v) is 8.82. The van der Waals surface area contributed by atoms with Crippen molar-refractivity contribution in [3.8, 4) is 0 Å². The van der Waals surface area contributed by atoms with E-state index in [4.69, 9.17) is 5.11 Å². The van der Waals surface area contributed by atoms with Gasteiger partial charge in [0, 0.05) is 18.3 Å². The number of amides is 3. The van der Waals surface area contributed by atoms with Crippen LogP contribution < -0.4 is 21.3 Å². The van der Waals surface area contributed by atoms with Crippen molar-refractivity contribution in [2.24, 2.45) is 0 Å². The number of aliphatic hydroxyl groups is 1. The summed E-state index contributed by atoms with van der Waals surface area (Å²) in [4.78, 5) is 54.2. The van der Waals surface area contributed by atoms with E-state index in [9.17, 15) is 24.3 Å². The predicted molar refractivity (Wildman–Crippen MR) is 94.9 cm³/mol. The van der Waals surface area contributed by atoms with E-state index in [0.717, 1.165) is 6.42 Å². The minimum absolute atomic E-state index is 0.0964. The number of hydrogen-bond donors (Lipinski definition) is 7. The molecule has 1 aromatic rings. The molecule has 1 saturated heterocycles. The molecule has 0 bridgehead atoms. The molecule has 28 heavy (non-hydrogen) atoms. The third kappa shape index (κ3) is 6.32. The number of imidazole rings is 1. The van der Waals surface area contributed by atoms with Gasteiger partial charge in [-0.2, -0.15) is 0 Å². The number of aromatic nitrogens is 2. The van der Waals surface area contributed by atoms with Gasteiger partial charge in [-0.1, -0.05) is 0 Å². The van der Waals surface area contributed by atoms with Gasteiger partial charge in [0.1, 0.15) is 18.6 Å². The first kappa shape index (κ1) is 21.3. The van der Waals surface area contributed by atoms with Crippen LogP contribution in [0.5, 0.6) is 0 Å². The topological polar surface area (TPSA) is 186 Å². The molecule has 1 aromatic heterocycles. The summed E-state index contributed by atoms with van der Waals surface area (Å²) >= 11 is 0. The lowest BCUT2D eigenvalue weighted by Gasteiger charge is -2.23. The Labute approximate surface area is 160 Å². The number of aromatic amines is 1. The number of rotatable bonds is 10. The zero-order chi connectivity index (χ0) is 20.5. The van der Waals surface area contributed by atoms with Gasteiger partial charge < -0.3 is 36.5 Å². The molecule has 0 saturated carbocycles. The van der Waals surface area contributed by atoms with Crippen LogP contribution >= 0.6 is 0 Å². The smallest absolute Gasteiger partial charge is 0.322 e. The number of H-pyrrole nitrogens is 1. The third-order valence-electron chi connectivity index (χ3n) is 4.22. The molecule has 2 rings (SSSR count). The zero-order valence-corrected chi connectivity index (χ0v) is 15.1. The molecule has 12 heteroatoms. The highest BCUT2D eigenvalue weighted by atomic mass is 16.4. The molecule has 154 valence electrons. The SMILES string of the molecule is O=C(O)CNC(=O)C(CO)NC(=O)C(Cc1cnc[nH]1)NC(=O)C1CCCN1. The number of carbonyl (C=O) groups is 4. The van der Waals surface area contributed by atoms with Gasteiger partial charge in [-0.05, 0) is 19.4 Å². The lowest BCUT2D eigenvalue weighted by Crippen LogP contribution is -2.57. The first-order valence-electron chi connectivity index (χ1n) is 8.82. The molecule has 1 aliphatic rings. The molecule has 12 nitrogen and oxygen atoms in total. The zero-order valence-electron chi connectivity index (χ0n) is 15.1. The largest absolute Gasteiger partial charge is 0.480 e. The molecular formula is C16H24N6O6. The van der Waals surface area contributed by atoms with E-state index in [1.54, 1.807) is 0 Å². The number of carboxylic acids is 1. The quantitative estimate of drug-likeness (QED) is 0.216. The van der Waals surface area contributed by atoms with Gasteiger partial charge in [0.05, 0.1) is 19.0 Å². The van der Waals surface area contributed by atoms with Crippen LogP contribution in [0.2, 0.25) is 0 Å². The fourth-order valence-electron chi connectivity index (χ4n) is 2.76. The lowest BCUT2D eigenvalue weighted by atomic mass is 10.1. The van der Waals surface area contributed by atoms with Crippen LogP contribution in [0.4, 0.5) is 0 Å². The summed E-state index contributed by atoms with van der Waals surface area (Å²) in [5.41, 5.74) is 0.593. The standard InChI is InChI=1S/C16H24N6O6/c23-7-12(14(26)19-6-13(24)25)22-16(28)11(4-9-5-17-8-20-9)21-15(27)10-2-1-3-18-10/h5,8,10-12,18,23H,1-4,6-7H2,(H,17,20)(H,19,26)(H,21,27)(H,22,28)(H,24,25). The van der Waals surface area contributed by atoms with Crippen LogP contribution in [0.25, 0.3) is 0 Å². The number of nitrogens with zero attached hydrogens (tertiary/aromatic N) is 1. The Kier molecular flexibility index (Phi) is 7.89. The van der Waals surface area contributed by atoms with Crippen LogP contribution in [0.3, 0.4) is 0 Å². The first-order chi connectivity index (χ1) is 13.4. The molecule has 0 spiro atoms. The fraction of sp³-hybridized carbons (Fsp3) is 0.562. The van der Waals surface area contributed by atoms with Gasteiger partial charge in [0.15, 0.2) is 0 Å². The molecule has 3 atom stereocenters. The minimum atomic E-state index is -1.35. The van der Waals surface area contributed by atoms with Crippen molar-refractivity contribution >= 4 is 23.7 Å². The minimum Gasteiger partial charge on any atom is -0.480 e. The second-order valence-electron chi connectivity index (χ2n) is 6.35. The Morgan fingerprint density at radius 2 is 2.00 bits per heavy atom. The summed E-state index contributed by atoms with van der Waals surface area (Å²) in [6, 6.07) is -2.76. The van der Waals surface area contributed by atoms with Crippen LogP contribution in [-0.2, 0) is 25.6 Å². The number of carboxylic acid groups (broad SMARTS) is 1. The predicted octanol–water partition coefficient (Wildman–Crippen LogP) is -3.13. The molecule has 3 unspecified atom stereocenters. The second kappa shape index (κ2) is 10.4. The molecule has 3 amide bonds. The lowest BCUT2D eigenvalue weighted by molar-refractivity contribution is -0.139. The van der Waals surface area contributed by atoms with Crippen LogP contribution in [-0.4, -0.2) is 81.7 Å². The Bertz CT molecular complexity index is 688. The van der Waals surface area contributed by atoms with E-state index < -0.39 is 49.1 Å². The van der Waals surface area contributed by atoms with Gasteiger partial charge in [-0.15, -0.1) is 0 Å². The number of carbonyl (C=O) groups excluding carboxylic acids is 3. The Hall–Kier alpha value is -2.99. The van der Waals surface area contributed by atoms with Gasteiger partial charge in [0.25, 0.3) is 0 Å². The van der Waals surface area contributed by atoms with Crippen LogP contribution in [0.1, 0.15) is 18.5 Å².